The molecular formula is C14H21BrFN. The highest BCUT2D eigenvalue weighted by Crippen LogP contribution is 2.18. The Morgan fingerprint density at radius 1 is 1.35 bits per heavy atom. The van der Waals surface area contributed by atoms with Crippen LogP contribution in [0.15, 0.2) is 22.7 Å². The Bertz CT molecular complexity index is 341. The zero-order valence-corrected chi connectivity index (χ0v) is 12.2. The third-order valence-corrected chi connectivity index (χ3v) is 3.64. The van der Waals surface area contributed by atoms with Gasteiger partial charge in [0.25, 0.3) is 0 Å². The smallest absolute Gasteiger partial charge is 0.137 e. The molecule has 0 heterocycles. The van der Waals surface area contributed by atoms with Crippen molar-refractivity contribution >= 4 is 15.9 Å². The van der Waals surface area contributed by atoms with Gasteiger partial charge in [-0.15, -0.1) is 0 Å². The van der Waals surface area contributed by atoms with E-state index in [0.717, 1.165) is 6.42 Å². The molecule has 1 aromatic carbocycles. The summed E-state index contributed by atoms with van der Waals surface area (Å²) in [5.41, 5.74) is 1.18. The summed E-state index contributed by atoms with van der Waals surface area (Å²) in [5.74, 6) is -0.194. The minimum atomic E-state index is -0.194. The molecule has 0 saturated carbocycles. The van der Waals surface area contributed by atoms with Crippen LogP contribution in [0.1, 0.15) is 38.2 Å². The van der Waals surface area contributed by atoms with Gasteiger partial charge in [0, 0.05) is 6.04 Å². The lowest BCUT2D eigenvalue weighted by atomic mass is 10.0. The summed E-state index contributed by atoms with van der Waals surface area (Å²) >= 11 is 3.23. The van der Waals surface area contributed by atoms with E-state index < -0.39 is 0 Å². The van der Waals surface area contributed by atoms with Crippen molar-refractivity contribution in [1.29, 1.82) is 0 Å². The van der Waals surface area contributed by atoms with Crippen LogP contribution in [-0.4, -0.2) is 13.1 Å². The minimum Gasteiger partial charge on any atom is -0.317 e. The molecule has 0 amide bonds. The Morgan fingerprint density at radius 3 is 2.71 bits per heavy atom. The number of hydrogen-bond acceptors (Lipinski definition) is 1. The van der Waals surface area contributed by atoms with E-state index >= 15 is 0 Å². The molecule has 0 radical (unpaired) electrons. The summed E-state index contributed by atoms with van der Waals surface area (Å²) in [6, 6.07) is 5.75. The zero-order chi connectivity index (χ0) is 12.7. The molecule has 96 valence electrons. The van der Waals surface area contributed by atoms with Gasteiger partial charge in [0.15, 0.2) is 0 Å². The Hall–Kier alpha value is -0.410. The molecule has 1 atom stereocenters. The first-order chi connectivity index (χ1) is 8.17. The van der Waals surface area contributed by atoms with E-state index in [2.05, 4.69) is 28.2 Å². The summed E-state index contributed by atoms with van der Waals surface area (Å²) < 4.78 is 13.7. The van der Waals surface area contributed by atoms with Crippen LogP contribution >= 0.6 is 15.9 Å². The number of halogens is 2. The second-order valence-electron chi connectivity index (χ2n) is 4.43. The molecule has 1 N–H and O–H groups in total. The minimum absolute atomic E-state index is 0.194. The van der Waals surface area contributed by atoms with Gasteiger partial charge in [0.05, 0.1) is 4.47 Å². The fourth-order valence-corrected chi connectivity index (χ4v) is 2.37. The van der Waals surface area contributed by atoms with Crippen molar-refractivity contribution in [2.45, 2.75) is 45.1 Å². The van der Waals surface area contributed by atoms with Crippen LogP contribution in [-0.2, 0) is 6.42 Å². The highest BCUT2D eigenvalue weighted by atomic mass is 79.9. The van der Waals surface area contributed by atoms with Gasteiger partial charge in [-0.05, 0) is 53.5 Å². The summed E-state index contributed by atoms with van der Waals surface area (Å²) in [5, 5.41) is 3.33. The second-order valence-corrected chi connectivity index (χ2v) is 5.29. The van der Waals surface area contributed by atoms with Crippen LogP contribution in [0.4, 0.5) is 4.39 Å². The van der Waals surface area contributed by atoms with E-state index in [9.17, 15) is 4.39 Å². The van der Waals surface area contributed by atoms with Gasteiger partial charge in [-0.3, -0.25) is 0 Å². The molecule has 0 aliphatic carbocycles. The molecule has 1 aromatic rings. The highest BCUT2D eigenvalue weighted by Gasteiger charge is 2.08. The number of nitrogens with one attached hydrogen (secondary N) is 1. The van der Waals surface area contributed by atoms with E-state index in [4.69, 9.17) is 0 Å². The number of benzene rings is 1. The summed E-state index contributed by atoms with van der Waals surface area (Å²) in [6.45, 7) is 2.21. The van der Waals surface area contributed by atoms with Crippen LogP contribution < -0.4 is 5.32 Å². The average molecular weight is 302 g/mol. The van der Waals surface area contributed by atoms with E-state index in [0.29, 0.717) is 10.5 Å². The van der Waals surface area contributed by atoms with Crippen molar-refractivity contribution in [3.8, 4) is 0 Å². The average Bonchev–Trinajstić information content (AvgIpc) is 2.32. The molecule has 3 heteroatoms. The second kappa shape index (κ2) is 7.83. The standard InChI is InChI=1S/C14H21BrFN/c1-3-4-5-6-12(17-2)9-11-7-8-14(16)13(15)10-11/h7-8,10,12,17H,3-6,9H2,1-2H3. The van der Waals surface area contributed by atoms with Crippen LogP contribution in [0, 0.1) is 5.82 Å². The predicted octanol–water partition coefficient (Wildman–Crippen LogP) is 4.30. The van der Waals surface area contributed by atoms with Crippen LogP contribution in [0.25, 0.3) is 0 Å². The Kier molecular flexibility index (Phi) is 6.75. The zero-order valence-electron chi connectivity index (χ0n) is 10.6. The van der Waals surface area contributed by atoms with Crippen molar-refractivity contribution in [3.05, 3.63) is 34.1 Å². The number of unbranched alkanes of at least 4 members (excludes halogenated alkanes) is 2. The van der Waals surface area contributed by atoms with Gasteiger partial charge < -0.3 is 5.32 Å². The lowest BCUT2D eigenvalue weighted by Gasteiger charge is -2.16. The molecule has 1 nitrogen and oxygen atoms in total. The highest BCUT2D eigenvalue weighted by molar-refractivity contribution is 9.10. The molecule has 0 aliphatic rings. The molecule has 17 heavy (non-hydrogen) atoms. The molecule has 0 fully saturated rings. The largest absolute Gasteiger partial charge is 0.317 e. The summed E-state index contributed by atoms with van der Waals surface area (Å²) in [7, 11) is 2.00. The molecular weight excluding hydrogens is 281 g/mol. The molecule has 0 bridgehead atoms. The predicted molar refractivity (Wildman–Crippen MR) is 74.8 cm³/mol. The quantitative estimate of drug-likeness (QED) is 0.741. The van der Waals surface area contributed by atoms with Gasteiger partial charge in [-0.1, -0.05) is 32.3 Å². The van der Waals surface area contributed by atoms with Gasteiger partial charge >= 0.3 is 0 Å². The number of likely N-dealkylation sites (N-methyl/N-ethyl adjacent to an activating group) is 1. The summed E-state index contributed by atoms with van der Waals surface area (Å²) in [4.78, 5) is 0. The first-order valence-electron chi connectivity index (χ1n) is 6.28. The molecule has 0 saturated heterocycles. The van der Waals surface area contributed by atoms with Crippen molar-refractivity contribution in [2.24, 2.45) is 0 Å². The Labute approximate surface area is 112 Å². The number of rotatable bonds is 7. The number of hydrogen-bond donors (Lipinski definition) is 1. The van der Waals surface area contributed by atoms with Gasteiger partial charge in [0.1, 0.15) is 5.82 Å². The van der Waals surface area contributed by atoms with Gasteiger partial charge in [0.2, 0.25) is 0 Å². The van der Waals surface area contributed by atoms with Gasteiger partial charge in [-0.2, -0.15) is 0 Å². The third-order valence-electron chi connectivity index (χ3n) is 3.03. The van der Waals surface area contributed by atoms with Crippen molar-refractivity contribution in [2.75, 3.05) is 7.05 Å². The SMILES string of the molecule is CCCCCC(Cc1ccc(F)c(Br)c1)NC. The Morgan fingerprint density at radius 2 is 2.12 bits per heavy atom. The monoisotopic (exact) mass is 301 g/mol. The topological polar surface area (TPSA) is 12.0 Å². The molecule has 0 spiro atoms. The van der Waals surface area contributed by atoms with E-state index in [1.807, 2.05) is 19.2 Å². The van der Waals surface area contributed by atoms with Crippen molar-refractivity contribution in [3.63, 3.8) is 0 Å². The fourth-order valence-electron chi connectivity index (χ4n) is 1.94. The maximum absolute atomic E-state index is 13.1. The van der Waals surface area contributed by atoms with E-state index in [-0.39, 0.29) is 5.82 Å². The van der Waals surface area contributed by atoms with Gasteiger partial charge in [-0.25, -0.2) is 4.39 Å². The third kappa shape index (κ3) is 5.17. The molecule has 0 aliphatic heterocycles. The first kappa shape index (κ1) is 14.7. The molecule has 1 unspecified atom stereocenters. The lowest BCUT2D eigenvalue weighted by molar-refractivity contribution is 0.489. The maximum atomic E-state index is 13.1. The summed E-state index contributed by atoms with van der Waals surface area (Å²) in [6.07, 6.45) is 5.92. The fraction of sp³-hybridized carbons (Fsp3) is 0.571. The molecule has 1 rings (SSSR count). The van der Waals surface area contributed by atoms with Crippen LogP contribution in [0.2, 0.25) is 0 Å². The van der Waals surface area contributed by atoms with Crippen molar-refractivity contribution < 1.29 is 4.39 Å². The lowest BCUT2D eigenvalue weighted by Crippen LogP contribution is -2.27. The molecule has 0 aromatic heterocycles. The van der Waals surface area contributed by atoms with E-state index in [1.54, 1.807) is 0 Å². The first-order valence-corrected chi connectivity index (χ1v) is 7.07. The van der Waals surface area contributed by atoms with Crippen LogP contribution in [0.5, 0.6) is 0 Å². The van der Waals surface area contributed by atoms with Crippen LogP contribution in [0.3, 0.4) is 0 Å². The Balaban J connectivity index is 2.51. The van der Waals surface area contributed by atoms with Crippen molar-refractivity contribution in [1.82, 2.24) is 5.32 Å². The maximum Gasteiger partial charge on any atom is 0.137 e. The normalized spacial score (nSPS) is 12.7. The van der Waals surface area contributed by atoms with E-state index in [1.165, 1.54) is 37.3 Å².